The van der Waals surface area contributed by atoms with Crippen molar-refractivity contribution in [2.45, 2.75) is 39.7 Å². The smallest absolute Gasteiger partial charge is 0.205 e. The zero-order valence-electron chi connectivity index (χ0n) is 11.1. The summed E-state index contributed by atoms with van der Waals surface area (Å²) in [5.74, 6) is 0.189. The van der Waals surface area contributed by atoms with Gasteiger partial charge in [0.15, 0.2) is 0 Å². The van der Waals surface area contributed by atoms with Gasteiger partial charge in [-0.3, -0.25) is 4.98 Å². The number of aromatic nitrogens is 5. The van der Waals surface area contributed by atoms with E-state index in [0.717, 1.165) is 22.6 Å². The number of ether oxygens (including phenoxy) is 2. The molecule has 0 amide bonds. The molecule has 100 valence electrons. The first-order valence-electron chi connectivity index (χ1n) is 6.06. The third-order valence-corrected chi connectivity index (χ3v) is 3.04. The summed E-state index contributed by atoms with van der Waals surface area (Å²) >= 11 is 0. The molecule has 0 saturated heterocycles. The lowest BCUT2D eigenvalue weighted by Crippen LogP contribution is -2.36. The molecule has 0 N–H and O–H groups in total. The van der Waals surface area contributed by atoms with Gasteiger partial charge in [0, 0.05) is 31.2 Å². The number of rotatable bonds is 2. The SMILES string of the molecule is Cc1ncc(Cn2cnnn2)c2c1OC(C)(C)OC2. The molecular formula is C12H15N5O2. The van der Waals surface area contributed by atoms with E-state index in [-0.39, 0.29) is 0 Å². The molecule has 0 unspecified atom stereocenters. The van der Waals surface area contributed by atoms with Crippen molar-refractivity contribution in [1.29, 1.82) is 0 Å². The Morgan fingerprint density at radius 2 is 2.26 bits per heavy atom. The minimum absolute atomic E-state index is 0.503. The highest BCUT2D eigenvalue weighted by molar-refractivity contribution is 5.42. The maximum atomic E-state index is 5.86. The van der Waals surface area contributed by atoms with Gasteiger partial charge in [-0.15, -0.1) is 5.10 Å². The molecule has 1 aliphatic rings. The highest BCUT2D eigenvalue weighted by atomic mass is 16.7. The van der Waals surface area contributed by atoms with Gasteiger partial charge in [-0.1, -0.05) is 0 Å². The first kappa shape index (κ1) is 12.0. The van der Waals surface area contributed by atoms with E-state index >= 15 is 0 Å². The molecule has 19 heavy (non-hydrogen) atoms. The fourth-order valence-electron chi connectivity index (χ4n) is 2.05. The molecule has 2 aromatic heterocycles. The number of fused-ring (bicyclic) bond motifs is 1. The van der Waals surface area contributed by atoms with Crippen molar-refractivity contribution < 1.29 is 9.47 Å². The average Bonchev–Trinajstić information content (AvgIpc) is 2.85. The zero-order valence-corrected chi connectivity index (χ0v) is 11.1. The Morgan fingerprint density at radius 1 is 1.42 bits per heavy atom. The lowest BCUT2D eigenvalue weighted by atomic mass is 10.1. The molecule has 0 radical (unpaired) electrons. The topological polar surface area (TPSA) is 75.0 Å². The highest BCUT2D eigenvalue weighted by Crippen LogP contribution is 2.35. The van der Waals surface area contributed by atoms with E-state index in [2.05, 4.69) is 20.5 Å². The number of hydrogen-bond donors (Lipinski definition) is 0. The first-order chi connectivity index (χ1) is 9.05. The van der Waals surface area contributed by atoms with Crippen LogP contribution in [-0.2, 0) is 17.9 Å². The van der Waals surface area contributed by atoms with Crippen LogP contribution >= 0.6 is 0 Å². The Kier molecular flexibility index (Phi) is 2.70. The molecule has 1 aliphatic heterocycles. The summed E-state index contributed by atoms with van der Waals surface area (Å²) in [6.07, 6.45) is 3.39. The predicted octanol–water partition coefficient (Wildman–Crippen LogP) is 1.07. The van der Waals surface area contributed by atoms with Crippen LogP contribution in [0.3, 0.4) is 0 Å². The molecule has 0 spiro atoms. The summed E-state index contributed by atoms with van der Waals surface area (Å²) in [6.45, 7) is 6.77. The van der Waals surface area contributed by atoms with E-state index in [0.29, 0.717) is 13.2 Å². The minimum atomic E-state index is -0.618. The molecule has 7 nitrogen and oxygen atoms in total. The normalized spacial score (nSPS) is 16.8. The Labute approximate surface area is 110 Å². The summed E-state index contributed by atoms with van der Waals surface area (Å²) < 4.78 is 13.2. The van der Waals surface area contributed by atoms with Gasteiger partial charge in [0.2, 0.25) is 5.79 Å². The summed E-state index contributed by atoms with van der Waals surface area (Å²) in [5.41, 5.74) is 2.89. The molecular weight excluding hydrogens is 246 g/mol. The highest BCUT2D eigenvalue weighted by Gasteiger charge is 2.30. The lowest BCUT2D eigenvalue weighted by Gasteiger charge is -2.34. The maximum Gasteiger partial charge on any atom is 0.205 e. The second-order valence-corrected chi connectivity index (χ2v) is 4.97. The van der Waals surface area contributed by atoms with E-state index in [1.807, 2.05) is 27.0 Å². The van der Waals surface area contributed by atoms with Gasteiger partial charge >= 0.3 is 0 Å². The van der Waals surface area contributed by atoms with Gasteiger partial charge in [0.05, 0.1) is 18.8 Å². The Bertz CT molecular complexity index is 594. The predicted molar refractivity (Wildman–Crippen MR) is 65.4 cm³/mol. The van der Waals surface area contributed by atoms with Crippen LogP contribution in [-0.4, -0.2) is 31.0 Å². The molecule has 2 aromatic rings. The molecule has 3 heterocycles. The van der Waals surface area contributed by atoms with E-state index in [1.54, 1.807) is 11.0 Å². The maximum absolute atomic E-state index is 5.86. The van der Waals surface area contributed by atoms with Crippen molar-refractivity contribution >= 4 is 0 Å². The Balaban J connectivity index is 1.99. The number of nitrogens with zero attached hydrogens (tertiary/aromatic N) is 5. The third-order valence-electron chi connectivity index (χ3n) is 3.04. The standard InChI is InChI=1S/C12H15N5O2/c1-8-11-10(6-18-12(2,3)19-11)9(4-13-8)5-17-7-14-15-16-17/h4,7H,5-6H2,1-3H3. The fraction of sp³-hybridized carbons (Fsp3) is 0.500. The van der Waals surface area contributed by atoms with Crippen LogP contribution in [0.25, 0.3) is 0 Å². The van der Waals surface area contributed by atoms with Crippen molar-refractivity contribution in [3.8, 4) is 5.75 Å². The second kappa shape index (κ2) is 4.27. The second-order valence-electron chi connectivity index (χ2n) is 4.97. The third kappa shape index (κ3) is 2.28. The Hall–Kier alpha value is -2.02. The van der Waals surface area contributed by atoms with Gasteiger partial charge in [-0.25, -0.2) is 4.68 Å². The van der Waals surface area contributed by atoms with Crippen LogP contribution in [0.5, 0.6) is 5.75 Å². The van der Waals surface area contributed by atoms with E-state index < -0.39 is 5.79 Å². The summed E-state index contributed by atoms with van der Waals surface area (Å²) in [5, 5.41) is 11.1. The van der Waals surface area contributed by atoms with Gasteiger partial charge in [0.25, 0.3) is 0 Å². The van der Waals surface area contributed by atoms with Crippen LogP contribution in [0.4, 0.5) is 0 Å². The van der Waals surface area contributed by atoms with Gasteiger partial charge in [-0.05, 0) is 17.4 Å². The van der Waals surface area contributed by atoms with Gasteiger partial charge < -0.3 is 9.47 Å². The number of pyridine rings is 1. The molecule has 7 heteroatoms. The first-order valence-corrected chi connectivity index (χ1v) is 6.06. The summed E-state index contributed by atoms with van der Waals surface area (Å²) in [6, 6.07) is 0. The van der Waals surface area contributed by atoms with Crippen molar-refractivity contribution in [2.24, 2.45) is 0 Å². The van der Waals surface area contributed by atoms with Crippen molar-refractivity contribution in [3.05, 3.63) is 29.3 Å². The quantitative estimate of drug-likeness (QED) is 0.805. The van der Waals surface area contributed by atoms with Crippen molar-refractivity contribution in [3.63, 3.8) is 0 Å². The summed E-state index contributed by atoms with van der Waals surface area (Å²) in [7, 11) is 0. The van der Waals surface area contributed by atoms with Crippen molar-refractivity contribution in [2.75, 3.05) is 0 Å². The molecule has 0 saturated carbocycles. The molecule has 0 fully saturated rings. The Morgan fingerprint density at radius 3 is 3.00 bits per heavy atom. The van der Waals surface area contributed by atoms with E-state index in [1.165, 1.54) is 0 Å². The van der Waals surface area contributed by atoms with Crippen LogP contribution < -0.4 is 4.74 Å². The molecule has 0 atom stereocenters. The number of tetrazole rings is 1. The molecule has 3 rings (SSSR count). The largest absolute Gasteiger partial charge is 0.461 e. The van der Waals surface area contributed by atoms with Crippen LogP contribution in [0.15, 0.2) is 12.5 Å². The number of aryl methyl sites for hydroxylation is 1. The van der Waals surface area contributed by atoms with Crippen LogP contribution in [0.2, 0.25) is 0 Å². The number of hydrogen-bond acceptors (Lipinski definition) is 6. The lowest BCUT2D eigenvalue weighted by molar-refractivity contribution is -0.180. The van der Waals surface area contributed by atoms with Crippen molar-refractivity contribution in [1.82, 2.24) is 25.2 Å². The minimum Gasteiger partial charge on any atom is -0.461 e. The van der Waals surface area contributed by atoms with Crippen LogP contribution in [0, 0.1) is 6.92 Å². The average molecular weight is 261 g/mol. The zero-order chi connectivity index (χ0) is 13.5. The van der Waals surface area contributed by atoms with Crippen LogP contribution in [0.1, 0.15) is 30.7 Å². The summed E-state index contributed by atoms with van der Waals surface area (Å²) in [4.78, 5) is 4.38. The van der Waals surface area contributed by atoms with E-state index in [4.69, 9.17) is 9.47 Å². The molecule has 0 aromatic carbocycles. The monoisotopic (exact) mass is 261 g/mol. The fourth-order valence-corrected chi connectivity index (χ4v) is 2.05. The van der Waals surface area contributed by atoms with Gasteiger partial charge in [-0.2, -0.15) is 0 Å². The van der Waals surface area contributed by atoms with Gasteiger partial charge in [0.1, 0.15) is 12.1 Å². The molecule has 0 bridgehead atoms. The molecule has 0 aliphatic carbocycles. The van der Waals surface area contributed by atoms with E-state index in [9.17, 15) is 0 Å².